The maximum absolute atomic E-state index is 13.2. The number of aromatic nitrogens is 1. The molecule has 0 radical (unpaired) electrons. The van der Waals surface area contributed by atoms with Gasteiger partial charge in [-0.1, -0.05) is 41.7 Å². The molecular weight excluding hydrogens is 524 g/mol. The molecule has 0 N–H and O–H groups in total. The Labute approximate surface area is 237 Å². The van der Waals surface area contributed by atoms with Crippen LogP contribution in [0.3, 0.4) is 0 Å². The first-order valence-electron chi connectivity index (χ1n) is 14.0. The molecule has 3 heterocycles. The van der Waals surface area contributed by atoms with Crippen LogP contribution in [-0.4, -0.2) is 59.6 Å². The summed E-state index contributed by atoms with van der Waals surface area (Å²) in [6, 6.07) is 14.5. The molecule has 3 fully saturated rings. The number of piperazine rings is 1. The summed E-state index contributed by atoms with van der Waals surface area (Å²) in [5.74, 6) is -0.237. The number of hydrogen-bond acceptors (Lipinski definition) is 7. The number of benzene rings is 2. The van der Waals surface area contributed by atoms with E-state index in [0.29, 0.717) is 18.2 Å². The van der Waals surface area contributed by atoms with Crippen LogP contribution in [0.2, 0.25) is 0 Å². The maximum atomic E-state index is 13.2. The molecule has 4 atom stereocenters. The van der Waals surface area contributed by atoms with Crippen LogP contribution in [0.5, 0.6) is 0 Å². The third-order valence-corrected chi connectivity index (χ3v) is 9.54. The molecule has 2 aromatic carbocycles. The standard InChI is InChI=1S/C31H32N4O4S/c1-31(2,3)39-30(38)34-14-12-33(13-15-34)22-9-6-18(7-10-22)19-8-11-23-24(17-19)40-29(32-23)35-27(36)25-20-4-5-21(16-20)26(25)28(35)37/h4-11,17,20-21,25-26H,12-16H2,1-3H3/t20-,21+,25-,26+. The van der Waals surface area contributed by atoms with Gasteiger partial charge < -0.3 is 14.5 Å². The van der Waals surface area contributed by atoms with Crippen molar-refractivity contribution in [2.24, 2.45) is 23.7 Å². The van der Waals surface area contributed by atoms with Crippen molar-refractivity contribution in [3.05, 3.63) is 54.6 Å². The van der Waals surface area contributed by atoms with E-state index in [1.807, 2.05) is 32.9 Å². The number of fused-ring (bicyclic) bond motifs is 6. The number of allylic oxidation sites excluding steroid dienone is 2. The summed E-state index contributed by atoms with van der Waals surface area (Å²) in [6.45, 7) is 8.41. The van der Waals surface area contributed by atoms with Crippen molar-refractivity contribution in [1.29, 1.82) is 0 Å². The van der Waals surface area contributed by atoms with Crippen LogP contribution in [0.15, 0.2) is 54.6 Å². The Bertz CT molecular complexity index is 1520. The Balaban J connectivity index is 1.05. The first kappa shape index (κ1) is 25.3. The second kappa shape index (κ2) is 9.16. The Kier molecular flexibility index (Phi) is 5.78. The number of ether oxygens (including phenoxy) is 1. The zero-order valence-corrected chi connectivity index (χ0v) is 23.7. The number of rotatable bonds is 3. The summed E-state index contributed by atoms with van der Waals surface area (Å²) in [5, 5.41) is 0.483. The van der Waals surface area contributed by atoms with Gasteiger partial charge in [0.05, 0.1) is 22.1 Å². The lowest BCUT2D eigenvalue weighted by Gasteiger charge is -2.36. The molecule has 3 aromatic rings. The van der Waals surface area contributed by atoms with E-state index < -0.39 is 5.60 Å². The third kappa shape index (κ3) is 4.18. The van der Waals surface area contributed by atoms with Crippen molar-refractivity contribution in [3.8, 4) is 11.1 Å². The van der Waals surface area contributed by atoms with Gasteiger partial charge in [0, 0.05) is 31.9 Å². The van der Waals surface area contributed by atoms with Gasteiger partial charge in [0.1, 0.15) is 5.60 Å². The van der Waals surface area contributed by atoms with Crippen molar-refractivity contribution in [2.75, 3.05) is 36.0 Å². The summed E-state index contributed by atoms with van der Waals surface area (Å²) in [4.78, 5) is 48.9. The van der Waals surface area contributed by atoms with Gasteiger partial charge >= 0.3 is 6.09 Å². The van der Waals surface area contributed by atoms with Gasteiger partial charge in [-0.15, -0.1) is 0 Å². The number of carbonyl (C=O) groups is 3. The van der Waals surface area contributed by atoms with Crippen LogP contribution in [0.4, 0.5) is 15.6 Å². The minimum absolute atomic E-state index is 0.0892. The smallest absolute Gasteiger partial charge is 0.410 e. The second-order valence-electron chi connectivity index (χ2n) is 12.2. The van der Waals surface area contributed by atoms with E-state index in [1.165, 1.54) is 16.2 Å². The lowest BCUT2D eigenvalue weighted by Crippen LogP contribution is -2.50. The topological polar surface area (TPSA) is 83.1 Å². The number of carbonyl (C=O) groups excluding carboxylic acids is 3. The number of imide groups is 1. The highest BCUT2D eigenvalue weighted by Crippen LogP contribution is 2.53. The van der Waals surface area contributed by atoms with Gasteiger partial charge in [0.25, 0.3) is 0 Å². The molecule has 8 nitrogen and oxygen atoms in total. The molecule has 1 saturated carbocycles. The van der Waals surface area contributed by atoms with Crippen LogP contribution in [-0.2, 0) is 14.3 Å². The molecular formula is C31H32N4O4S. The Morgan fingerprint density at radius 3 is 2.15 bits per heavy atom. The largest absolute Gasteiger partial charge is 0.444 e. The number of nitrogens with zero attached hydrogens (tertiary/aromatic N) is 4. The highest BCUT2D eigenvalue weighted by molar-refractivity contribution is 7.22. The van der Waals surface area contributed by atoms with Crippen LogP contribution >= 0.6 is 11.3 Å². The Morgan fingerprint density at radius 2 is 1.52 bits per heavy atom. The molecule has 3 amide bonds. The number of thiazole rings is 1. The lowest BCUT2D eigenvalue weighted by molar-refractivity contribution is -0.123. The summed E-state index contributed by atoms with van der Waals surface area (Å²) >= 11 is 1.41. The highest BCUT2D eigenvalue weighted by Gasteiger charge is 2.60. The number of hydrogen-bond donors (Lipinski definition) is 0. The summed E-state index contributed by atoms with van der Waals surface area (Å²) in [7, 11) is 0. The van der Waals surface area contributed by atoms with E-state index in [4.69, 9.17) is 4.74 Å². The van der Waals surface area contributed by atoms with E-state index in [2.05, 4.69) is 52.4 Å². The van der Waals surface area contributed by atoms with E-state index in [-0.39, 0.29) is 41.6 Å². The Hall–Kier alpha value is -3.72. The third-order valence-electron chi connectivity index (χ3n) is 8.54. The minimum atomic E-state index is -0.493. The average molecular weight is 557 g/mol. The summed E-state index contributed by atoms with van der Waals surface area (Å²) in [5.41, 5.74) is 3.56. The molecule has 0 unspecified atom stereocenters. The van der Waals surface area contributed by atoms with Crippen molar-refractivity contribution in [3.63, 3.8) is 0 Å². The monoisotopic (exact) mass is 556 g/mol. The number of amides is 3. The van der Waals surface area contributed by atoms with Crippen LogP contribution in [0.25, 0.3) is 21.3 Å². The van der Waals surface area contributed by atoms with E-state index in [0.717, 1.165) is 46.5 Å². The van der Waals surface area contributed by atoms with Crippen molar-refractivity contribution in [1.82, 2.24) is 9.88 Å². The van der Waals surface area contributed by atoms with Crippen LogP contribution in [0.1, 0.15) is 27.2 Å². The Morgan fingerprint density at radius 1 is 0.900 bits per heavy atom. The number of anilines is 2. The molecule has 2 aliphatic heterocycles. The van der Waals surface area contributed by atoms with Crippen LogP contribution < -0.4 is 9.80 Å². The predicted octanol–water partition coefficient (Wildman–Crippen LogP) is 5.33. The molecule has 206 valence electrons. The molecule has 2 aliphatic carbocycles. The average Bonchev–Trinajstić information content (AvgIpc) is 3.70. The molecule has 40 heavy (non-hydrogen) atoms. The van der Waals surface area contributed by atoms with Gasteiger partial charge in [0.15, 0.2) is 5.13 Å². The molecule has 2 bridgehead atoms. The van der Waals surface area contributed by atoms with E-state index >= 15 is 0 Å². The minimum Gasteiger partial charge on any atom is -0.444 e. The van der Waals surface area contributed by atoms with Gasteiger partial charge in [-0.05, 0) is 74.4 Å². The maximum Gasteiger partial charge on any atom is 0.410 e. The fourth-order valence-electron chi connectivity index (χ4n) is 6.62. The van der Waals surface area contributed by atoms with Gasteiger partial charge in [-0.2, -0.15) is 0 Å². The van der Waals surface area contributed by atoms with Crippen LogP contribution in [0, 0.1) is 23.7 Å². The molecule has 9 heteroatoms. The molecule has 2 saturated heterocycles. The van der Waals surface area contributed by atoms with E-state index in [9.17, 15) is 14.4 Å². The molecule has 1 aromatic heterocycles. The molecule has 4 aliphatic rings. The van der Waals surface area contributed by atoms with Gasteiger partial charge in [0.2, 0.25) is 11.8 Å². The second-order valence-corrected chi connectivity index (χ2v) is 13.2. The van der Waals surface area contributed by atoms with Crippen molar-refractivity contribution in [2.45, 2.75) is 32.8 Å². The summed E-state index contributed by atoms with van der Waals surface area (Å²) in [6.07, 6.45) is 4.89. The first-order valence-corrected chi connectivity index (χ1v) is 14.8. The normalized spacial score (nSPS) is 25.8. The first-order chi connectivity index (χ1) is 19.2. The highest BCUT2D eigenvalue weighted by atomic mass is 32.1. The van der Waals surface area contributed by atoms with E-state index in [1.54, 1.807) is 4.90 Å². The SMILES string of the molecule is CC(C)(C)OC(=O)N1CCN(c2ccc(-c3ccc4nc(N5C(=O)[C@@H]6[C@H](C5=O)[C@@H]5C=C[C@H]6C5)sc4c3)cc2)CC1. The zero-order chi connectivity index (χ0) is 27.8. The zero-order valence-electron chi connectivity index (χ0n) is 22.9. The molecule has 0 spiro atoms. The predicted molar refractivity (Wildman–Crippen MR) is 155 cm³/mol. The lowest BCUT2D eigenvalue weighted by atomic mass is 9.85. The van der Waals surface area contributed by atoms with Crippen molar-refractivity contribution < 1.29 is 19.1 Å². The van der Waals surface area contributed by atoms with Crippen molar-refractivity contribution >= 4 is 50.3 Å². The fraction of sp³-hybridized carbons (Fsp3) is 0.419. The van der Waals surface area contributed by atoms with Gasteiger partial charge in [-0.25, -0.2) is 14.7 Å². The summed E-state index contributed by atoms with van der Waals surface area (Å²) < 4.78 is 6.46. The quantitative estimate of drug-likeness (QED) is 0.320. The fourth-order valence-corrected chi connectivity index (χ4v) is 7.63. The van der Waals surface area contributed by atoms with Gasteiger partial charge in [-0.3, -0.25) is 9.59 Å². The molecule has 7 rings (SSSR count).